The van der Waals surface area contributed by atoms with Gasteiger partial charge in [0.15, 0.2) is 0 Å². The molecular weight excluding hydrogens is 441 g/mol. The number of aromatic nitrogens is 2. The number of nitrogens with zero attached hydrogens (tertiary/aromatic N) is 3. The van der Waals surface area contributed by atoms with Gasteiger partial charge in [0.2, 0.25) is 0 Å². The van der Waals surface area contributed by atoms with Crippen molar-refractivity contribution >= 4 is 17.6 Å². The average molecular weight is 462 g/mol. The number of carbonyl (C=O) groups excluding carboxylic acids is 1. The van der Waals surface area contributed by atoms with Crippen LogP contribution in [0.25, 0.3) is 16.9 Å². The number of hydrogen-bond donors (Lipinski definition) is 2. The van der Waals surface area contributed by atoms with Crippen LogP contribution in [0.1, 0.15) is 28.0 Å². The molecule has 0 aliphatic carbocycles. The lowest BCUT2D eigenvalue weighted by Gasteiger charge is -2.31. The number of pyridine rings is 1. The molecule has 1 aliphatic rings. The first-order valence-electron chi connectivity index (χ1n) is 10.2. The number of imidazole rings is 1. The normalized spacial score (nSPS) is 16.4. The van der Waals surface area contributed by atoms with Crippen LogP contribution in [0.3, 0.4) is 0 Å². The van der Waals surface area contributed by atoms with E-state index in [2.05, 4.69) is 10.3 Å². The monoisotopic (exact) mass is 462 g/mol. The van der Waals surface area contributed by atoms with E-state index < -0.39 is 30.3 Å². The zero-order valence-electron chi connectivity index (χ0n) is 17.6. The summed E-state index contributed by atoms with van der Waals surface area (Å²) in [5.41, 5.74) is 0.862. The number of fused-ring (bicyclic) bond motifs is 1. The summed E-state index contributed by atoms with van der Waals surface area (Å²) in [6.45, 7) is 0.544. The Balaban J connectivity index is 1.79. The van der Waals surface area contributed by atoms with Crippen molar-refractivity contribution in [2.45, 2.75) is 19.0 Å². The topological polar surface area (TPSA) is 96.2 Å². The van der Waals surface area contributed by atoms with Gasteiger partial charge in [0.05, 0.1) is 30.6 Å². The number of carboxylic acid groups (broad SMARTS) is 1. The third-order valence-corrected chi connectivity index (χ3v) is 5.54. The average Bonchev–Trinajstić information content (AvgIpc) is 3.15. The van der Waals surface area contributed by atoms with Crippen molar-refractivity contribution in [3.05, 3.63) is 59.2 Å². The van der Waals surface area contributed by atoms with Crippen molar-refractivity contribution < 1.29 is 32.6 Å². The van der Waals surface area contributed by atoms with Gasteiger partial charge in [-0.25, -0.2) is 22.9 Å². The highest BCUT2D eigenvalue weighted by molar-refractivity contribution is 5.94. The van der Waals surface area contributed by atoms with E-state index in [-0.39, 0.29) is 54.1 Å². The zero-order valence-corrected chi connectivity index (χ0v) is 17.6. The van der Waals surface area contributed by atoms with Gasteiger partial charge in [0, 0.05) is 42.9 Å². The molecule has 2 N–H and O–H groups in total. The Morgan fingerprint density at radius 1 is 1.30 bits per heavy atom. The van der Waals surface area contributed by atoms with Crippen LogP contribution in [0.5, 0.6) is 0 Å². The molecule has 174 valence electrons. The van der Waals surface area contributed by atoms with E-state index >= 15 is 4.39 Å². The van der Waals surface area contributed by atoms with Crippen molar-refractivity contribution in [3.8, 4) is 11.3 Å². The standard InChI is InChI=1S/C22H21F3N4O4/c1-26-21(30)13-2-3-15(16(23)8-13)19-17(10-14-11-28(22(31)32)6-7-33-14)29-5-4-12(20(24)25)9-18(29)27-19/h2-5,8-9,14,20H,6-7,10-11H2,1H3,(H,26,30)(H,31,32)/t14-/m0/s1. The van der Waals surface area contributed by atoms with Gasteiger partial charge in [-0.3, -0.25) is 4.79 Å². The smallest absolute Gasteiger partial charge is 0.407 e. The minimum absolute atomic E-state index is 0.0888. The van der Waals surface area contributed by atoms with Crippen molar-refractivity contribution in [1.29, 1.82) is 0 Å². The second-order valence-corrected chi connectivity index (χ2v) is 7.60. The molecule has 1 atom stereocenters. The summed E-state index contributed by atoms with van der Waals surface area (Å²) in [6.07, 6.45) is -2.70. The highest BCUT2D eigenvalue weighted by atomic mass is 19.3. The van der Waals surface area contributed by atoms with Crippen molar-refractivity contribution in [1.82, 2.24) is 19.6 Å². The minimum Gasteiger partial charge on any atom is -0.465 e. The Bertz CT molecular complexity index is 1210. The van der Waals surface area contributed by atoms with Crippen LogP contribution in [-0.2, 0) is 11.2 Å². The highest BCUT2D eigenvalue weighted by Gasteiger charge is 2.28. The predicted molar refractivity (Wildman–Crippen MR) is 112 cm³/mol. The lowest BCUT2D eigenvalue weighted by Crippen LogP contribution is -2.45. The van der Waals surface area contributed by atoms with Gasteiger partial charge in [-0.1, -0.05) is 0 Å². The van der Waals surface area contributed by atoms with E-state index in [4.69, 9.17) is 4.74 Å². The molecule has 11 heteroatoms. The predicted octanol–water partition coefficient (Wildman–Crippen LogP) is 3.36. The first-order valence-corrected chi connectivity index (χ1v) is 10.2. The fourth-order valence-electron chi connectivity index (χ4n) is 3.88. The number of ether oxygens (including phenoxy) is 1. The molecule has 8 nitrogen and oxygen atoms in total. The molecule has 33 heavy (non-hydrogen) atoms. The number of benzene rings is 1. The highest BCUT2D eigenvalue weighted by Crippen LogP contribution is 2.31. The lowest BCUT2D eigenvalue weighted by atomic mass is 10.0. The van der Waals surface area contributed by atoms with Crippen LogP contribution in [-0.4, -0.2) is 64.2 Å². The molecule has 0 unspecified atom stereocenters. The number of alkyl halides is 2. The molecule has 1 aromatic carbocycles. The molecule has 0 radical (unpaired) electrons. The van der Waals surface area contributed by atoms with E-state index in [1.807, 2.05) is 0 Å². The van der Waals surface area contributed by atoms with Crippen molar-refractivity contribution in [3.63, 3.8) is 0 Å². The number of hydrogen-bond acceptors (Lipinski definition) is 4. The molecule has 3 aromatic rings. The van der Waals surface area contributed by atoms with Crippen molar-refractivity contribution in [2.75, 3.05) is 26.7 Å². The van der Waals surface area contributed by atoms with Crippen LogP contribution < -0.4 is 5.32 Å². The second-order valence-electron chi connectivity index (χ2n) is 7.60. The first kappa shape index (κ1) is 22.6. The SMILES string of the molecule is CNC(=O)c1ccc(-c2nc3cc(C(F)F)ccn3c2C[C@H]2CN(C(=O)O)CCO2)c(F)c1. The Morgan fingerprint density at radius 3 is 2.76 bits per heavy atom. The summed E-state index contributed by atoms with van der Waals surface area (Å²) in [4.78, 5) is 28.8. The first-order chi connectivity index (χ1) is 15.8. The molecule has 3 heterocycles. The molecule has 2 aromatic heterocycles. The number of carbonyl (C=O) groups is 2. The summed E-state index contributed by atoms with van der Waals surface area (Å²) >= 11 is 0. The summed E-state index contributed by atoms with van der Waals surface area (Å²) in [5, 5.41) is 11.7. The molecule has 0 spiro atoms. The molecular formula is C22H21F3N4O4. The third kappa shape index (κ3) is 4.49. The maximum absolute atomic E-state index is 15.0. The summed E-state index contributed by atoms with van der Waals surface area (Å²) < 4.78 is 48.7. The molecule has 2 amide bonds. The quantitative estimate of drug-likeness (QED) is 0.606. The Hall–Kier alpha value is -3.60. The van der Waals surface area contributed by atoms with Crippen LogP contribution >= 0.6 is 0 Å². The van der Waals surface area contributed by atoms with Gasteiger partial charge in [-0.05, 0) is 30.3 Å². The fourth-order valence-corrected chi connectivity index (χ4v) is 3.88. The van der Waals surface area contributed by atoms with Gasteiger partial charge < -0.3 is 24.5 Å². The van der Waals surface area contributed by atoms with Crippen LogP contribution in [0, 0.1) is 5.82 Å². The van der Waals surface area contributed by atoms with Gasteiger partial charge in [0.1, 0.15) is 11.5 Å². The van der Waals surface area contributed by atoms with Gasteiger partial charge in [-0.2, -0.15) is 0 Å². The number of rotatable bonds is 5. The molecule has 0 saturated carbocycles. The molecule has 0 bridgehead atoms. The van der Waals surface area contributed by atoms with Gasteiger partial charge in [0.25, 0.3) is 12.3 Å². The number of amides is 2. The van der Waals surface area contributed by atoms with Crippen LogP contribution in [0.15, 0.2) is 36.5 Å². The number of halogens is 3. The summed E-state index contributed by atoms with van der Waals surface area (Å²) in [6, 6.07) is 6.40. The second kappa shape index (κ2) is 9.10. The molecule has 1 aliphatic heterocycles. The number of morpholine rings is 1. The van der Waals surface area contributed by atoms with Crippen molar-refractivity contribution in [2.24, 2.45) is 0 Å². The maximum atomic E-state index is 15.0. The molecule has 1 fully saturated rings. The van der Waals surface area contributed by atoms with E-state index in [0.29, 0.717) is 5.69 Å². The summed E-state index contributed by atoms with van der Waals surface area (Å²) in [7, 11) is 1.43. The third-order valence-electron chi connectivity index (χ3n) is 5.54. The lowest BCUT2D eigenvalue weighted by molar-refractivity contribution is -0.0214. The zero-order chi connectivity index (χ0) is 23.7. The van der Waals surface area contributed by atoms with Crippen LogP contribution in [0.2, 0.25) is 0 Å². The van der Waals surface area contributed by atoms with E-state index in [9.17, 15) is 23.5 Å². The molecule has 4 rings (SSSR count). The largest absolute Gasteiger partial charge is 0.465 e. The summed E-state index contributed by atoms with van der Waals surface area (Å²) in [5.74, 6) is -1.16. The maximum Gasteiger partial charge on any atom is 0.407 e. The Morgan fingerprint density at radius 2 is 2.09 bits per heavy atom. The minimum atomic E-state index is -2.70. The van der Waals surface area contributed by atoms with E-state index in [0.717, 1.165) is 6.07 Å². The van der Waals surface area contributed by atoms with Gasteiger partial charge >= 0.3 is 6.09 Å². The Labute approximate surface area is 186 Å². The van der Waals surface area contributed by atoms with E-state index in [1.54, 1.807) is 4.40 Å². The fraction of sp³-hybridized carbons (Fsp3) is 0.318. The Kier molecular flexibility index (Phi) is 6.23. The molecule has 1 saturated heterocycles. The van der Waals surface area contributed by atoms with Crippen LogP contribution in [0.4, 0.5) is 18.0 Å². The van der Waals surface area contributed by atoms with E-state index in [1.165, 1.54) is 42.4 Å². The number of nitrogens with one attached hydrogen (secondary N) is 1. The van der Waals surface area contributed by atoms with Gasteiger partial charge in [-0.15, -0.1) is 0 Å².